The third-order valence-corrected chi connectivity index (χ3v) is 4.38. The highest BCUT2D eigenvalue weighted by atomic mass is 15.2. The largest absolute Gasteiger partial charge is 0.367 e. The molecule has 21 heavy (non-hydrogen) atoms. The minimum absolute atomic E-state index is 0.542. The van der Waals surface area contributed by atoms with Crippen LogP contribution in [0.3, 0.4) is 0 Å². The van der Waals surface area contributed by atoms with Crippen molar-refractivity contribution in [3.63, 3.8) is 0 Å². The Morgan fingerprint density at radius 1 is 1.24 bits per heavy atom. The van der Waals surface area contributed by atoms with E-state index in [1.54, 1.807) is 0 Å². The Morgan fingerprint density at radius 2 is 2.05 bits per heavy atom. The highest BCUT2D eigenvalue weighted by molar-refractivity contribution is 5.98. The van der Waals surface area contributed by atoms with Gasteiger partial charge in [0.15, 0.2) is 0 Å². The van der Waals surface area contributed by atoms with Gasteiger partial charge in [-0.25, -0.2) is 0 Å². The maximum Gasteiger partial charge on any atom is 0.0998 e. The van der Waals surface area contributed by atoms with Crippen LogP contribution in [0.15, 0.2) is 36.4 Å². The number of nitrogens with zero attached hydrogens (tertiary/aromatic N) is 2. The van der Waals surface area contributed by atoms with Crippen LogP contribution in [-0.4, -0.2) is 25.7 Å². The summed E-state index contributed by atoms with van der Waals surface area (Å²) < 4.78 is 0. The highest BCUT2D eigenvalue weighted by Crippen LogP contribution is 2.31. The van der Waals surface area contributed by atoms with Crippen molar-refractivity contribution in [2.75, 3.05) is 24.5 Å². The van der Waals surface area contributed by atoms with Gasteiger partial charge in [0.25, 0.3) is 0 Å². The number of anilines is 1. The van der Waals surface area contributed by atoms with E-state index in [1.807, 2.05) is 18.2 Å². The zero-order valence-electron chi connectivity index (χ0n) is 12.5. The Morgan fingerprint density at radius 3 is 2.71 bits per heavy atom. The zero-order chi connectivity index (χ0) is 14.7. The molecule has 1 saturated heterocycles. The van der Waals surface area contributed by atoms with Crippen LogP contribution in [0.2, 0.25) is 0 Å². The molecule has 0 bridgehead atoms. The third-order valence-electron chi connectivity index (χ3n) is 4.38. The number of piperidine rings is 1. The van der Waals surface area contributed by atoms with Crippen molar-refractivity contribution in [1.29, 1.82) is 5.26 Å². The number of fused-ring (bicyclic) bond motifs is 1. The fourth-order valence-corrected chi connectivity index (χ4v) is 3.36. The van der Waals surface area contributed by atoms with Crippen molar-refractivity contribution in [1.82, 2.24) is 5.32 Å². The predicted octanol–water partition coefficient (Wildman–Crippen LogP) is 3.29. The van der Waals surface area contributed by atoms with E-state index in [0.29, 0.717) is 6.04 Å². The first-order valence-electron chi connectivity index (χ1n) is 7.74. The number of benzene rings is 2. The number of hydrogen-bond donors (Lipinski definition) is 1. The van der Waals surface area contributed by atoms with Gasteiger partial charge in [-0.05, 0) is 38.4 Å². The van der Waals surface area contributed by atoms with Gasteiger partial charge in [0.05, 0.1) is 11.6 Å². The minimum Gasteiger partial charge on any atom is -0.367 e. The molecule has 1 fully saturated rings. The Bertz CT molecular complexity index is 666. The monoisotopic (exact) mass is 279 g/mol. The number of nitrogens with one attached hydrogen (secondary N) is 1. The first kappa shape index (κ1) is 13.9. The van der Waals surface area contributed by atoms with Crippen molar-refractivity contribution in [2.45, 2.75) is 25.8 Å². The van der Waals surface area contributed by atoms with Crippen LogP contribution in [0, 0.1) is 11.3 Å². The summed E-state index contributed by atoms with van der Waals surface area (Å²) in [5, 5.41) is 15.0. The van der Waals surface area contributed by atoms with E-state index in [1.165, 1.54) is 23.9 Å². The van der Waals surface area contributed by atoms with Gasteiger partial charge in [-0.2, -0.15) is 5.26 Å². The second-order valence-corrected chi connectivity index (χ2v) is 5.58. The van der Waals surface area contributed by atoms with Gasteiger partial charge < -0.3 is 10.2 Å². The number of likely N-dealkylation sites (N-methyl/N-ethyl adjacent to an activating group) is 1. The summed E-state index contributed by atoms with van der Waals surface area (Å²) in [6.45, 7) is 5.37. The molecular formula is C18H21N3. The maximum absolute atomic E-state index is 9.30. The molecule has 0 aromatic heterocycles. The molecule has 0 aliphatic carbocycles. The molecule has 2 aromatic rings. The molecule has 1 atom stereocenters. The third kappa shape index (κ3) is 2.59. The molecule has 1 unspecified atom stereocenters. The van der Waals surface area contributed by atoms with E-state index in [-0.39, 0.29) is 0 Å². The summed E-state index contributed by atoms with van der Waals surface area (Å²) in [5.41, 5.74) is 2.01. The average molecular weight is 279 g/mol. The van der Waals surface area contributed by atoms with Gasteiger partial charge in [-0.3, -0.25) is 0 Å². The van der Waals surface area contributed by atoms with Crippen LogP contribution in [0.5, 0.6) is 0 Å². The molecule has 0 saturated carbocycles. The zero-order valence-corrected chi connectivity index (χ0v) is 12.5. The molecule has 0 radical (unpaired) electrons. The van der Waals surface area contributed by atoms with Crippen LogP contribution in [0.1, 0.15) is 25.3 Å². The topological polar surface area (TPSA) is 39.1 Å². The average Bonchev–Trinajstić information content (AvgIpc) is 2.56. The molecule has 0 amide bonds. The lowest BCUT2D eigenvalue weighted by Crippen LogP contribution is -2.46. The molecule has 3 rings (SSSR count). The van der Waals surface area contributed by atoms with Gasteiger partial charge in [0.2, 0.25) is 0 Å². The van der Waals surface area contributed by atoms with Crippen molar-refractivity contribution < 1.29 is 0 Å². The normalized spacial score (nSPS) is 18.4. The fourth-order valence-electron chi connectivity index (χ4n) is 3.36. The SMILES string of the molecule is CCN(c1ccc(C#N)c2ccccc12)C1CCCNC1. The van der Waals surface area contributed by atoms with Crippen molar-refractivity contribution in [2.24, 2.45) is 0 Å². The Hall–Kier alpha value is -2.05. The van der Waals surface area contributed by atoms with Crippen LogP contribution in [0.4, 0.5) is 5.69 Å². The molecule has 1 heterocycles. The molecule has 1 aliphatic heterocycles. The molecule has 1 N–H and O–H groups in total. The molecule has 3 nitrogen and oxygen atoms in total. The van der Waals surface area contributed by atoms with Crippen LogP contribution >= 0.6 is 0 Å². The quantitative estimate of drug-likeness (QED) is 0.937. The van der Waals surface area contributed by atoms with Gasteiger partial charge in [-0.1, -0.05) is 24.3 Å². The summed E-state index contributed by atoms with van der Waals surface area (Å²) in [5.74, 6) is 0. The molecular weight excluding hydrogens is 258 g/mol. The summed E-state index contributed by atoms with van der Waals surface area (Å²) in [7, 11) is 0. The van der Waals surface area contributed by atoms with E-state index >= 15 is 0 Å². The molecule has 0 spiro atoms. The van der Waals surface area contributed by atoms with E-state index in [9.17, 15) is 5.26 Å². The molecule has 1 aliphatic rings. The Balaban J connectivity index is 2.08. The van der Waals surface area contributed by atoms with E-state index in [0.717, 1.165) is 30.6 Å². The lowest BCUT2D eigenvalue weighted by molar-refractivity contribution is 0.436. The number of nitriles is 1. The Labute approximate surface area is 126 Å². The molecule has 3 heteroatoms. The number of hydrogen-bond acceptors (Lipinski definition) is 3. The summed E-state index contributed by atoms with van der Waals surface area (Å²) in [4.78, 5) is 2.48. The van der Waals surface area contributed by atoms with Crippen molar-refractivity contribution in [3.05, 3.63) is 42.0 Å². The van der Waals surface area contributed by atoms with Crippen molar-refractivity contribution >= 4 is 16.5 Å². The summed E-state index contributed by atoms with van der Waals surface area (Å²) >= 11 is 0. The molecule has 108 valence electrons. The first-order valence-corrected chi connectivity index (χ1v) is 7.74. The van der Waals surface area contributed by atoms with Gasteiger partial charge in [0, 0.05) is 35.6 Å². The molecule has 2 aromatic carbocycles. The number of rotatable bonds is 3. The van der Waals surface area contributed by atoms with Gasteiger partial charge in [-0.15, -0.1) is 0 Å². The smallest absolute Gasteiger partial charge is 0.0998 e. The first-order chi connectivity index (χ1) is 10.3. The van der Waals surface area contributed by atoms with Gasteiger partial charge in [0.1, 0.15) is 0 Å². The second-order valence-electron chi connectivity index (χ2n) is 5.58. The Kier molecular flexibility index (Phi) is 4.08. The minimum atomic E-state index is 0.542. The highest BCUT2D eigenvalue weighted by Gasteiger charge is 2.21. The van der Waals surface area contributed by atoms with Gasteiger partial charge >= 0.3 is 0 Å². The second kappa shape index (κ2) is 6.15. The fraction of sp³-hybridized carbons (Fsp3) is 0.389. The standard InChI is InChI=1S/C18H21N3/c1-2-21(15-6-5-11-20-13-15)18-10-9-14(12-19)16-7-3-4-8-17(16)18/h3-4,7-10,15,20H,2,5-6,11,13H2,1H3. The van der Waals surface area contributed by atoms with E-state index in [4.69, 9.17) is 0 Å². The van der Waals surface area contributed by atoms with Crippen LogP contribution in [0.25, 0.3) is 10.8 Å². The predicted molar refractivity (Wildman–Crippen MR) is 87.6 cm³/mol. The summed E-state index contributed by atoms with van der Waals surface area (Å²) in [6, 6.07) is 15.1. The van der Waals surface area contributed by atoms with Crippen molar-refractivity contribution in [3.8, 4) is 6.07 Å². The van der Waals surface area contributed by atoms with Crippen LogP contribution in [-0.2, 0) is 0 Å². The lowest BCUT2D eigenvalue weighted by Gasteiger charge is -2.36. The summed E-state index contributed by atoms with van der Waals surface area (Å²) in [6.07, 6.45) is 2.46. The van der Waals surface area contributed by atoms with Crippen LogP contribution < -0.4 is 10.2 Å². The maximum atomic E-state index is 9.30. The van der Waals surface area contributed by atoms with E-state index in [2.05, 4.69) is 41.4 Å². The lowest BCUT2D eigenvalue weighted by atomic mass is 10.00. The van der Waals surface area contributed by atoms with E-state index < -0.39 is 0 Å².